The van der Waals surface area contributed by atoms with E-state index in [0.717, 1.165) is 44.9 Å². The second-order valence-electron chi connectivity index (χ2n) is 5.14. The largest absolute Gasteiger partial charge is 0.408 e. The van der Waals surface area contributed by atoms with Crippen molar-refractivity contribution < 1.29 is 4.42 Å². The Labute approximate surface area is 119 Å². The Hall–Kier alpha value is -1.88. The van der Waals surface area contributed by atoms with Crippen molar-refractivity contribution in [1.82, 2.24) is 15.5 Å². The van der Waals surface area contributed by atoms with Gasteiger partial charge in [0.2, 0.25) is 5.89 Å². The Bertz CT molecular complexity index is 561. The monoisotopic (exact) mass is 272 g/mol. The van der Waals surface area contributed by atoms with Crippen molar-refractivity contribution in [1.29, 1.82) is 0 Å². The molecule has 5 heteroatoms. The van der Waals surface area contributed by atoms with E-state index in [-0.39, 0.29) is 0 Å². The van der Waals surface area contributed by atoms with Crippen LogP contribution in [0.15, 0.2) is 28.7 Å². The number of nitrogens with zero attached hydrogens (tertiary/aromatic N) is 3. The lowest BCUT2D eigenvalue weighted by molar-refractivity contribution is 0.464. The van der Waals surface area contributed by atoms with Crippen molar-refractivity contribution in [3.8, 4) is 0 Å². The average Bonchev–Trinajstić information content (AvgIpc) is 2.96. The maximum atomic E-state index is 5.76. The quantitative estimate of drug-likeness (QED) is 0.915. The van der Waals surface area contributed by atoms with E-state index in [4.69, 9.17) is 4.42 Å². The van der Waals surface area contributed by atoms with Gasteiger partial charge in [0.1, 0.15) is 0 Å². The van der Waals surface area contributed by atoms with Crippen molar-refractivity contribution in [2.75, 3.05) is 31.1 Å². The van der Waals surface area contributed by atoms with Crippen LogP contribution in [0.25, 0.3) is 0 Å². The molecule has 0 saturated carbocycles. The molecule has 2 heterocycles. The summed E-state index contributed by atoms with van der Waals surface area (Å²) in [4.78, 5) is 2.14. The fourth-order valence-electron chi connectivity index (χ4n) is 2.46. The number of benzene rings is 1. The van der Waals surface area contributed by atoms with Crippen LogP contribution in [-0.2, 0) is 12.8 Å². The number of aromatic nitrogens is 2. The zero-order valence-corrected chi connectivity index (χ0v) is 11.8. The molecule has 0 radical (unpaired) electrons. The molecule has 0 aliphatic carbocycles. The molecule has 106 valence electrons. The first-order valence-corrected chi connectivity index (χ1v) is 7.15. The highest BCUT2D eigenvalue weighted by Crippen LogP contribution is 2.15. The lowest BCUT2D eigenvalue weighted by Crippen LogP contribution is -2.43. The summed E-state index contributed by atoms with van der Waals surface area (Å²) in [5, 5.41) is 11.6. The molecule has 1 saturated heterocycles. The predicted molar refractivity (Wildman–Crippen MR) is 78.0 cm³/mol. The highest BCUT2D eigenvalue weighted by atomic mass is 16.4. The predicted octanol–water partition coefficient (Wildman–Crippen LogP) is 1.57. The molecule has 5 nitrogen and oxygen atoms in total. The highest BCUT2D eigenvalue weighted by molar-refractivity contribution is 5.27. The van der Waals surface area contributed by atoms with Crippen molar-refractivity contribution >= 4 is 6.01 Å². The maximum Gasteiger partial charge on any atom is 0.318 e. The Morgan fingerprint density at radius 2 is 1.95 bits per heavy atom. The minimum absolute atomic E-state index is 0.659. The van der Waals surface area contributed by atoms with Gasteiger partial charge in [0.15, 0.2) is 0 Å². The second-order valence-corrected chi connectivity index (χ2v) is 5.14. The van der Waals surface area contributed by atoms with Crippen molar-refractivity contribution in [3.63, 3.8) is 0 Å². The van der Waals surface area contributed by atoms with Crippen molar-refractivity contribution in [2.24, 2.45) is 0 Å². The van der Waals surface area contributed by atoms with Gasteiger partial charge in [-0.15, -0.1) is 5.10 Å². The van der Waals surface area contributed by atoms with Gasteiger partial charge in [0.25, 0.3) is 0 Å². The Balaban J connectivity index is 1.61. The molecule has 1 aliphatic heterocycles. The molecule has 1 aliphatic rings. The molecule has 20 heavy (non-hydrogen) atoms. The van der Waals surface area contributed by atoms with Crippen LogP contribution in [0.5, 0.6) is 0 Å². The number of nitrogens with one attached hydrogen (secondary N) is 1. The molecular weight excluding hydrogens is 252 g/mol. The Morgan fingerprint density at radius 3 is 2.75 bits per heavy atom. The van der Waals surface area contributed by atoms with Crippen LogP contribution >= 0.6 is 0 Å². The molecule has 0 spiro atoms. The first-order chi connectivity index (χ1) is 9.83. The molecular formula is C15H20N4O. The van der Waals surface area contributed by atoms with E-state index in [9.17, 15) is 0 Å². The fourth-order valence-corrected chi connectivity index (χ4v) is 2.46. The minimum atomic E-state index is 0.659. The summed E-state index contributed by atoms with van der Waals surface area (Å²) in [5.74, 6) is 0.724. The van der Waals surface area contributed by atoms with Crippen LogP contribution < -0.4 is 10.2 Å². The number of hydrogen-bond donors (Lipinski definition) is 1. The fraction of sp³-hybridized carbons (Fsp3) is 0.467. The molecule has 1 N–H and O–H groups in total. The van der Waals surface area contributed by atoms with Crippen LogP contribution in [-0.4, -0.2) is 36.4 Å². The van der Waals surface area contributed by atoms with E-state index in [1.807, 2.05) is 0 Å². The van der Waals surface area contributed by atoms with Crippen LogP contribution in [0, 0.1) is 6.92 Å². The van der Waals surface area contributed by atoms with E-state index in [1.165, 1.54) is 11.1 Å². The summed E-state index contributed by atoms with van der Waals surface area (Å²) in [6.45, 7) is 5.94. The van der Waals surface area contributed by atoms with Gasteiger partial charge in [-0.2, -0.15) is 0 Å². The summed E-state index contributed by atoms with van der Waals surface area (Å²) >= 11 is 0. The lowest BCUT2D eigenvalue weighted by atomic mass is 10.0. The molecule has 1 fully saturated rings. The molecule has 0 atom stereocenters. The van der Waals surface area contributed by atoms with E-state index < -0.39 is 0 Å². The van der Waals surface area contributed by atoms with Gasteiger partial charge in [0.05, 0.1) is 0 Å². The number of piperazine rings is 1. The standard InChI is InChI=1S/C15H20N4O/c1-12-4-2-3-5-13(12)6-7-14-17-18-15(20-14)19-10-8-16-9-11-19/h2-5,16H,6-11H2,1H3. The van der Waals surface area contributed by atoms with Gasteiger partial charge in [-0.1, -0.05) is 29.4 Å². The highest BCUT2D eigenvalue weighted by Gasteiger charge is 2.16. The number of aryl methyl sites for hydroxylation is 3. The van der Waals surface area contributed by atoms with Gasteiger partial charge in [0, 0.05) is 32.6 Å². The Kier molecular flexibility index (Phi) is 3.97. The molecule has 0 unspecified atom stereocenters. The minimum Gasteiger partial charge on any atom is -0.408 e. The number of rotatable bonds is 4. The Morgan fingerprint density at radius 1 is 1.15 bits per heavy atom. The van der Waals surface area contributed by atoms with Gasteiger partial charge < -0.3 is 14.6 Å². The van der Waals surface area contributed by atoms with Gasteiger partial charge in [-0.25, -0.2) is 0 Å². The van der Waals surface area contributed by atoms with E-state index >= 15 is 0 Å². The molecule has 2 aromatic rings. The van der Waals surface area contributed by atoms with Crippen LogP contribution in [0.3, 0.4) is 0 Å². The molecule has 3 rings (SSSR count). The zero-order chi connectivity index (χ0) is 13.8. The van der Waals surface area contributed by atoms with E-state index in [0.29, 0.717) is 6.01 Å². The first-order valence-electron chi connectivity index (χ1n) is 7.15. The summed E-state index contributed by atoms with van der Waals surface area (Å²) < 4.78 is 5.76. The normalized spacial score (nSPS) is 15.6. The van der Waals surface area contributed by atoms with Crippen LogP contribution in [0.4, 0.5) is 6.01 Å². The smallest absolute Gasteiger partial charge is 0.318 e. The molecule has 0 amide bonds. The SMILES string of the molecule is Cc1ccccc1CCc1nnc(N2CCNCC2)o1. The maximum absolute atomic E-state index is 5.76. The van der Waals surface area contributed by atoms with Gasteiger partial charge >= 0.3 is 6.01 Å². The molecule has 1 aromatic heterocycles. The molecule has 1 aromatic carbocycles. The number of hydrogen-bond acceptors (Lipinski definition) is 5. The van der Waals surface area contributed by atoms with Crippen LogP contribution in [0.2, 0.25) is 0 Å². The van der Waals surface area contributed by atoms with Gasteiger partial charge in [-0.3, -0.25) is 0 Å². The lowest BCUT2D eigenvalue weighted by Gasteiger charge is -2.24. The van der Waals surface area contributed by atoms with E-state index in [2.05, 4.69) is 51.6 Å². The summed E-state index contributed by atoms with van der Waals surface area (Å²) in [6, 6.07) is 9.08. The third kappa shape index (κ3) is 2.99. The van der Waals surface area contributed by atoms with Gasteiger partial charge in [-0.05, 0) is 24.5 Å². The summed E-state index contributed by atoms with van der Waals surface area (Å²) in [6.07, 6.45) is 1.74. The average molecular weight is 272 g/mol. The molecule has 0 bridgehead atoms. The number of anilines is 1. The second kappa shape index (κ2) is 6.05. The zero-order valence-electron chi connectivity index (χ0n) is 11.8. The third-order valence-electron chi connectivity index (χ3n) is 3.71. The van der Waals surface area contributed by atoms with Crippen LogP contribution in [0.1, 0.15) is 17.0 Å². The summed E-state index contributed by atoms with van der Waals surface area (Å²) in [5.41, 5.74) is 2.66. The summed E-state index contributed by atoms with van der Waals surface area (Å²) in [7, 11) is 0. The van der Waals surface area contributed by atoms with Crippen molar-refractivity contribution in [3.05, 3.63) is 41.3 Å². The first kappa shape index (κ1) is 13.1. The van der Waals surface area contributed by atoms with Crippen molar-refractivity contribution in [2.45, 2.75) is 19.8 Å². The topological polar surface area (TPSA) is 54.2 Å². The third-order valence-corrected chi connectivity index (χ3v) is 3.71. The van der Waals surface area contributed by atoms with E-state index in [1.54, 1.807) is 0 Å².